The number of hydrogen-bond donors (Lipinski definition) is 2. The Morgan fingerprint density at radius 2 is 2.14 bits per heavy atom. The second-order valence-corrected chi connectivity index (χ2v) is 5.97. The molecule has 0 aliphatic heterocycles. The van der Waals surface area contributed by atoms with E-state index in [0.29, 0.717) is 29.6 Å². The summed E-state index contributed by atoms with van der Waals surface area (Å²) >= 11 is 11.9. The van der Waals surface area contributed by atoms with Crippen LogP contribution < -0.4 is 5.32 Å². The van der Waals surface area contributed by atoms with Gasteiger partial charge in [-0.2, -0.15) is 0 Å². The van der Waals surface area contributed by atoms with Crippen LogP contribution in [0.2, 0.25) is 10.0 Å². The van der Waals surface area contributed by atoms with Gasteiger partial charge in [0.15, 0.2) is 0 Å². The minimum Gasteiger partial charge on any atom is -0.393 e. The van der Waals surface area contributed by atoms with Crippen LogP contribution in [-0.2, 0) is 6.42 Å². The number of nitrogens with one attached hydrogen (secondary N) is 1. The maximum atomic E-state index is 11.8. The average molecular weight is 333 g/mol. The third-order valence-corrected chi connectivity index (χ3v) is 3.73. The van der Waals surface area contributed by atoms with Crippen molar-refractivity contribution >= 4 is 29.2 Å². The van der Waals surface area contributed by atoms with Gasteiger partial charge in [0.1, 0.15) is 0 Å². The highest BCUT2D eigenvalue weighted by Crippen LogP contribution is 2.21. The molecule has 2 N–H and O–H groups in total. The second kappa shape index (κ2) is 9.13. The van der Waals surface area contributed by atoms with E-state index in [1.54, 1.807) is 24.9 Å². The largest absolute Gasteiger partial charge is 0.393 e. The van der Waals surface area contributed by atoms with E-state index in [0.717, 1.165) is 18.4 Å². The van der Waals surface area contributed by atoms with E-state index in [1.165, 1.54) is 0 Å². The first-order chi connectivity index (χ1) is 9.90. The summed E-state index contributed by atoms with van der Waals surface area (Å²) < 4.78 is 0. The molecular formula is C15H22Cl2N2O2. The smallest absolute Gasteiger partial charge is 0.317 e. The van der Waals surface area contributed by atoms with Gasteiger partial charge in [0, 0.05) is 30.2 Å². The summed E-state index contributed by atoms with van der Waals surface area (Å²) in [6, 6.07) is 5.31. The standard InChI is InChI=1S/C15H22Cl2N2O2/c1-11(20)7-9-19(2)15(21)18-8-3-4-12-5-6-13(16)10-14(12)17/h5-6,10-11,20H,3-4,7-9H2,1-2H3,(H,18,21). The number of nitrogens with zero attached hydrogens (tertiary/aromatic N) is 1. The predicted octanol–water partition coefficient (Wildman–Crippen LogP) is 3.34. The summed E-state index contributed by atoms with van der Waals surface area (Å²) in [7, 11) is 1.72. The Morgan fingerprint density at radius 3 is 2.76 bits per heavy atom. The Morgan fingerprint density at radius 1 is 1.43 bits per heavy atom. The molecule has 1 unspecified atom stereocenters. The molecule has 0 saturated heterocycles. The van der Waals surface area contributed by atoms with E-state index >= 15 is 0 Å². The predicted molar refractivity (Wildman–Crippen MR) is 87.1 cm³/mol. The van der Waals surface area contributed by atoms with Gasteiger partial charge in [-0.1, -0.05) is 29.3 Å². The number of urea groups is 1. The number of hydrogen-bond acceptors (Lipinski definition) is 2. The molecule has 0 aromatic heterocycles. The van der Waals surface area contributed by atoms with Crippen molar-refractivity contribution < 1.29 is 9.90 Å². The van der Waals surface area contributed by atoms with Crippen LogP contribution in [0.4, 0.5) is 4.79 Å². The Bertz CT molecular complexity index is 467. The molecule has 21 heavy (non-hydrogen) atoms. The van der Waals surface area contributed by atoms with Gasteiger partial charge in [0.2, 0.25) is 0 Å². The lowest BCUT2D eigenvalue weighted by Crippen LogP contribution is -2.39. The van der Waals surface area contributed by atoms with Crippen LogP contribution in [0.5, 0.6) is 0 Å². The number of halogens is 2. The number of aliphatic hydroxyl groups is 1. The number of aryl methyl sites for hydroxylation is 1. The van der Waals surface area contributed by atoms with Gasteiger partial charge >= 0.3 is 6.03 Å². The number of carbonyl (C=O) groups excluding carboxylic acids is 1. The summed E-state index contributed by atoms with van der Waals surface area (Å²) in [6.07, 6.45) is 1.77. The number of aliphatic hydroxyl groups excluding tert-OH is 1. The molecule has 1 rings (SSSR count). The Hall–Kier alpha value is -0.970. The lowest BCUT2D eigenvalue weighted by Gasteiger charge is -2.18. The molecule has 1 atom stereocenters. The first-order valence-corrected chi connectivity index (χ1v) is 7.76. The number of rotatable bonds is 7. The quantitative estimate of drug-likeness (QED) is 0.752. The molecule has 0 radical (unpaired) electrons. The minimum absolute atomic E-state index is 0.127. The SMILES string of the molecule is CC(O)CCN(C)C(=O)NCCCc1ccc(Cl)cc1Cl. The molecule has 0 aliphatic rings. The highest BCUT2D eigenvalue weighted by Gasteiger charge is 2.08. The van der Waals surface area contributed by atoms with Crippen LogP contribution >= 0.6 is 23.2 Å². The van der Waals surface area contributed by atoms with E-state index in [1.807, 2.05) is 12.1 Å². The average Bonchev–Trinajstić information content (AvgIpc) is 2.42. The van der Waals surface area contributed by atoms with E-state index in [9.17, 15) is 9.90 Å². The molecule has 118 valence electrons. The molecule has 1 aromatic rings. The van der Waals surface area contributed by atoms with Gasteiger partial charge in [0.25, 0.3) is 0 Å². The number of amides is 2. The molecule has 4 nitrogen and oxygen atoms in total. The maximum absolute atomic E-state index is 11.8. The van der Waals surface area contributed by atoms with Gasteiger partial charge in [-0.15, -0.1) is 0 Å². The van der Waals surface area contributed by atoms with Gasteiger partial charge in [0.05, 0.1) is 6.10 Å². The lowest BCUT2D eigenvalue weighted by molar-refractivity contribution is 0.163. The molecule has 6 heteroatoms. The first kappa shape index (κ1) is 18.1. The molecule has 0 fully saturated rings. The van der Waals surface area contributed by atoms with Crippen LogP contribution in [0.15, 0.2) is 18.2 Å². The Labute approximate surface area is 136 Å². The van der Waals surface area contributed by atoms with Crippen molar-refractivity contribution in [3.05, 3.63) is 33.8 Å². The van der Waals surface area contributed by atoms with Crippen molar-refractivity contribution in [1.82, 2.24) is 10.2 Å². The molecule has 0 aliphatic carbocycles. The third kappa shape index (κ3) is 7.02. The molecule has 2 amide bonds. The second-order valence-electron chi connectivity index (χ2n) is 5.13. The number of carbonyl (C=O) groups is 1. The van der Waals surface area contributed by atoms with Crippen molar-refractivity contribution in [2.75, 3.05) is 20.1 Å². The van der Waals surface area contributed by atoms with Crippen LogP contribution in [0, 0.1) is 0 Å². The van der Waals surface area contributed by atoms with Gasteiger partial charge in [-0.3, -0.25) is 0 Å². The summed E-state index contributed by atoms with van der Waals surface area (Å²) in [5, 5.41) is 13.3. The van der Waals surface area contributed by atoms with Crippen molar-refractivity contribution in [1.29, 1.82) is 0 Å². The van der Waals surface area contributed by atoms with Gasteiger partial charge < -0.3 is 15.3 Å². The third-order valence-electron chi connectivity index (χ3n) is 3.14. The fourth-order valence-corrected chi connectivity index (χ4v) is 2.32. The summed E-state index contributed by atoms with van der Waals surface area (Å²) in [5.74, 6) is 0. The summed E-state index contributed by atoms with van der Waals surface area (Å²) in [6.45, 7) is 2.82. The van der Waals surface area contributed by atoms with E-state index in [-0.39, 0.29) is 6.03 Å². The summed E-state index contributed by atoms with van der Waals surface area (Å²) in [5.41, 5.74) is 1.03. The van der Waals surface area contributed by atoms with E-state index < -0.39 is 6.10 Å². The monoisotopic (exact) mass is 332 g/mol. The van der Waals surface area contributed by atoms with Gasteiger partial charge in [-0.05, 0) is 43.9 Å². The highest BCUT2D eigenvalue weighted by molar-refractivity contribution is 6.35. The van der Waals surface area contributed by atoms with Crippen LogP contribution in [-0.4, -0.2) is 42.3 Å². The van der Waals surface area contributed by atoms with Gasteiger partial charge in [-0.25, -0.2) is 4.79 Å². The topological polar surface area (TPSA) is 52.6 Å². The zero-order valence-corrected chi connectivity index (χ0v) is 13.9. The fraction of sp³-hybridized carbons (Fsp3) is 0.533. The van der Waals surface area contributed by atoms with Crippen molar-refractivity contribution in [2.45, 2.75) is 32.3 Å². The van der Waals surface area contributed by atoms with Crippen LogP contribution in [0.3, 0.4) is 0 Å². The van der Waals surface area contributed by atoms with Crippen molar-refractivity contribution in [2.24, 2.45) is 0 Å². The van der Waals surface area contributed by atoms with E-state index in [2.05, 4.69) is 5.32 Å². The molecule has 0 saturated carbocycles. The molecule has 0 bridgehead atoms. The van der Waals surface area contributed by atoms with E-state index in [4.69, 9.17) is 23.2 Å². The highest BCUT2D eigenvalue weighted by atomic mass is 35.5. The Balaban J connectivity index is 2.25. The maximum Gasteiger partial charge on any atom is 0.317 e. The molecule has 1 aromatic carbocycles. The lowest BCUT2D eigenvalue weighted by atomic mass is 10.1. The zero-order valence-electron chi connectivity index (χ0n) is 12.4. The molecule has 0 spiro atoms. The number of benzene rings is 1. The molecular weight excluding hydrogens is 311 g/mol. The zero-order chi connectivity index (χ0) is 15.8. The van der Waals surface area contributed by atoms with Crippen molar-refractivity contribution in [3.63, 3.8) is 0 Å². The Kier molecular flexibility index (Phi) is 7.86. The van der Waals surface area contributed by atoms with Crippen molar-refractivity contribution in [3.8, 4) is 0 Å². The normalized spacial score (nSPS) is 12.0. The molecule has 0 heterocycles. The van der Waals surface area contributed by atoms with Crippen LogP contribution in [0.25, 0.3) is 0 Å². The summed E-state index contributed by atoms with van der Waals surface area (Å²) in [4.78, 5) is 13.3. The first-order valence-electron chi connectivity index (χ1n) is 7.01. The van der Waals surface area contributed by atoms with Crippen LogP contribution in [0.1, 0.15) is 25.3 Å². The fourth-order valence-electron chi connectivity index (χ4n) is 1.82. The minimum atomic E-state index is -0.396.